The Balaban J connectivity index is 2.22. The average molecular weight is 281 g/mol. The van der Waals surface area contributed by atoms with E-state index in [1.165, 1.54) is 38.5 Å². The lowest BCUT2D eigenvalue weighted by Crippen LogP contribution is -1.99. The maximum Gasteiger partial charge on any atom is 0.162 e. The molecule has 1 aromatic rings. The molecule has 0 heterocycles. The van der Waals surface area contributed by atoms with Crippen molar-refractivity contribution >= 4 is 17.4 Å². The third-order valence-corrected chi connectivity index (χ3v) is 3.91. The zero-order chi connectivity index (χ0) is 14.1. The molecule has 0 spiro atoms. The number of halogens is 1. The molecule has 1 rings (SSSR count). The predicted octanol–water partition coefficient (Wildman–Crippen LogP) is 5.97. The lowest BCUT2D eigenvalue weighted by molar-refractivity contribution is 0.0979. The Bertz CT molecular complexity index is 398. The van der Waals surface area contributed by atoms with Crippen molar-refractivity contribution in [2.75, 3.05) is 0 Å². The summed E-state index contributed by atoms with van der Waals surface area (Å²) in [6.07, 6.45) is 9.36. The van der Waals surface area contributed by atoms with Crippen molar-refractivity contribution in [3.05, 3.63) is 34.3 Å². The smallest absolute Gasteiger partial charge is 0.162 e. The summed E-state index contributed by atoms with van der Waals surface area (Å²) in [7, 11) is 0. The Morgan fingerprint density at radius 3 is 2.32 bits per heavy atom. The highest BCUT2D eigenvalue weighted by Gasteiger charge is 2.06. The van der Waals surface area contributed by atoms with Crippen molar-refractivity contribution in [2.24, 2.45) is 0 Å². The zero-order valence-electron chi connectivity index (χ0n) is 12.2. The first-order valence-corrected chi connectivity index (χ1v) is 7.82. The van der Waals surface area contributed by atoms with E-state index >= 15 is 0 Å². The quantitative estimate of drug-likeness (QED) is 0.402. The van der Waals surface area contributed by atoms with Gasteiger partial charge in [0.2, 0.25) is 0 Å². The third kappa shape index (κ3) is 6.24. The molecule has 0 radical (unpaired) electrons. The number of unbranched alkanes of at least 4 members (excludes halogenated alkanes) is 6. The maximum atomic E-state index is 12.0. The highest BCUT2D eigenvalue weighted by atomic mass is 35.5. The SMILES string of the molecule is CCCCCCCCCC(=O)c1ccc(Cl)c(C)c1. The number of rotatable bonds is 9. The van der Waals surface area contributed by atoms with Crippen LogP contribution in [0.3, 0.4) is 0 Å². The van der Waals surface area contributed by atoms with E-state index in [1.54, 1.807) is 0 Å². The van der Waals surface area contributed by atoms with E-state index in [4.69, 9.17) is 11.6 Å². The van der Waals surface area contributed by atoms with Gasteiger partial charge in [-0.15, -0.1) is 0 Å². The van der Waals surface area contributed by atoms with Crippen molar-refractivity contribution < 1.29 is 4.79 Å². The number of ketones is 1. The van der Waals surface area contributed by atoms with Crippen LogP contribution in [0.2, 0.25) is 5.02 Å². The second kappa shape index (κ2) is 9.14. The van der Waals surface area contributed by atoms with Crippen LogP contribution in [0.4, 0.5) is 0 Å². The molecule has 0 N–H and O–H groups in total. The van der Waals surface area contributed by atoms with Gasteiger partial charge in [0.15, 0.2) is 5.78 Å². The van der Waals surface area contributed by atoms with Crippen LogP contribution in [0.1, 0.15) is 74.2 Å². The number of Topliss-reactive ketones (excluding diaryl/α,β-unsaturated/α-hetero) is 1. The van der Waals surface area contributed by atoms with Crippen LogP contribution in [-0.4, -0.2) is 5.78 Å². The van der Waals surface area contributed by atoms with Crippen LogP contribution in [0, 0.1) is 6.92 Å². The van der Waals surface area contributed by atoms with Crippen molar-refractivity contribution in [2.45, 2.75) is 65.2 Å². The average Bonchev–Trinajstić information content (AvgIpc) is 2.40. The second-order valence-electron chi connectivity index (χ2n) is 5.26. The van der Waals surface area contributed by atoms with Gasteiger partial charge in [-0.3, -0.25) is 4.79 Å². The fourth-order valence-electron chi connectivity index (χ4n) is 2.21. The van der Waals surface area contributed by atoms with Gasteiger partial charge in [0.05, 0.1) is 0 Å². The summed E-state index contributed by atoms with van der Waals surface area (Å²) in [6.45, 7) is 4.17. The molecule has 0 amide bonds. The highest BCUT2D eigenvalue weighted by Crippen LogP contribution is 2.18. The molecule has 0 unspecified atom stereocenters. The van der Waals surface area contributed by atoms with E-state index in [1.807, 2.05) is 25.1 Å². The summed E-state index contributed by atoms with van der Waals surface area (Å²) in [4.78, 5) is 12.0. The second-order valence-corrected chi connectivity index (χ2v) is 5.67. The molecule has 0 aromatic heterocycles. The molecule has 1 nitrogen and oxygen atoms in total. The van der Waals surface area contributed by atoms with Gasteiger partial charge < -0.3 is 0 Å². The fourth-order valence-corrected chi connectivity index (χ4v) is 2.32. The Hall–Kier alpha value is -0.820. The molecule has 0 bridgehead atoms. The molecular formula is C17H25ClO. The molecule has 106 valence electrons. The Labute approximate surface area is 122 Å². The van der Waals surface area contributed by atoms with Crippen LogP contribution >= 0.6 is 11.6 Å². The maximum absolute atomic E-state index is 12.0. The van der Waals surface area contributed by atoms with Gasteiger partial charge in [-0.1, -0.05) is 57.0 Å². The van der Waals surface area contributed by atoms with Crippen LogP contribution in [0.5, 0.6) is 0 Å². The molecule has 19 heavy (non-hydrogen) atoms. The number of hydrogen-bond acceptors (Lipinski definition) is 1. The van der Waals surface area contributed by atoms with Crippen molar-refractivity contribution in [3.63, 3.8) is 0 Å². The molecule has 0 fully saturated rings. The first kappa shape index (κ1) is 16.2. The van der Waals surface area contributed by atoms with Crippen molar-refractivity contribution in [3.8, 4) is 0 Å². The highest BCUT2D eigenvalue weighted by molar-refractivity contribution is 6.31. The van der Waals surface area contributed by atoms with Gasteiger partial charge in [0, 0.05) is 17.0 Å². The molecule has 0 atom stereocenters. The topological polar surface area (TPSA) is 17.1 Å². The normalized spacial score (nSPS) is 10.7. The minimum absolute atomic E-state index is 0.244. The van der Waals surface area contributed by atoms with Crippen LogP contribution in [-0.2, 0) is 0 Å². The van der Waals surface area contributed by atoms with E-state index < -0.39 is 0 Å². The number of benzene rings is 1. The minimum atomic E-state index is 0.244. The number of hydrogen-bond donors (Lipinski definition) is 0. The molecule has 0 aliphatic carbocycles. The van der Waals surface area contributed by atoms with Gasteiger partial charge in [0.25, 0.3) is 0 Å². The van der Waals surface area contributed by atoms with E-state index in [0.717, 1.165) is 22.6 Å². The summed E-state index contributed by atoms with van der Waals surface area (Å²) in [5.74, 6) is 0.244. The van der Waals surface area contributed by atoms with E-state index in [0.29, 0.717) is 6.42 Å². The summed E-state index contributed by atoms with van der Waals surface area (Å²) >= 11 is 5.96. The zero-order valence-corrected chi connectivity index (χ0v) is 12.9. The van der Waals surface area contributed by atoms with Crippen molar-refractivity contribution in [1.82, 2.24) is 0 Å². The standard InChI is InChI=1S/C17H25ClO/c1-3-4-5-6-7-8-9-10-17(19)15-11-12-16(18)14(2)13-15/h11-13H,3-10H2,1-2H3. The number of aryl methyl sites for hydroxylation is 1. The molecular weight excluding hydrogens is 256 g/mol. The van der Waals surface area contributed by atoms with Gasteiger partial charge >= 0.3 is 0 Å². The minimum Gasteiger partial charge on any atom is -0.294 e. The predicted molar refractivity (Wildman–Crippen MR) is 83.1 cm³/mol. The molecule has 0 saturated heterocycles. The van der Waals surface area contributed by atoms with Crippen LogP contribution in [0.25, 0.3) is 0 Å². The lowest BCUT2D eigenvalue weighted by atomic mass is 10.0. The van der Waals surface area contributed by atoms with Gasteiger partial charge in [-0.05, 0) is 37.1 Å². The van der Waals surface area contributed by atoms with Gasteiger partial charge in [-0.25, -0.2) is 0 Å². The molecule has 0 aliphatic heterocycles. The number of carbonyl (C=O) groups excluding carboxylic acids is 1. The van der Waals surface area contributed by atoms with Gasteiger partial charge in [-0.2, -0.15) is 0 Å². The number of carbonyl (C=O) groups is 1. The Morgan fingerprint density at radius 2 is 1.68 bits per heavy atom. The molecule has 0 saturated carbocycles. The van der Waals surface area contributed by atoms with Crippen LogP contribution in [0.15, 0.2) is 18.2 Å². The fraction of sp³-hybridized carbons (Fsp3) is 0.588. The van der Waals surface area contributed by atoms with E-state index in [-0.39, 0.29) is 5.78 Å². The Kier molecular flexibility index (Phi) is 7.81. The largest absolute Gasteiger partial charge is 0.294 e. The van der Waals surface area contributed by atoms with Gasteiger partial charge in [0.1, 0.15) is 0 Å². The monoisotopic (exact) mass is 280 g/mol. The lowest BCUT2D eigenvalue weighted by Gasteiger charge is -2.04. The van der Waals surface area contributed by atoms with Crippen molar-refractivity contribution in [1.29, 1.82) is 0 Å². The summed E-state index contributed by atoms with van der Waals surface area (Å²) < 4.78 is 0. The summed E-state index contributed by atoms with van der Waals surface area (Å²) in [6, 6.07) is 5.54. The molecule has 1 aromatic carbocycles. The first-order chi connectivity index (χ1) is 9.15. The summed E-state index contributed by atoms with van der Waals surface area (Å²) in [5, 5.41) is 0.729. The van der Waals surface area contributed by atoms with E-state index in [2.05, 4.69) is 6.92 Å². The summed E-state index contributed by atoms with van der Waals surface area (Å²) in [5.41, 5.74) is 1.78. The molecule has 0 aliphatic rings. The van der Waals surface area contributed by atoms with Crippen LogP contribution < -0.4 is 0 Å². The van der Waals surface area contributed by atoms with E-state index in [9.17, 15) is 4.79 Å². The third-order valence-electron chi connectivity index (χ3n) is 3.49. The Morgan fingerprint density at radius 1 is 1.05 bits per heavy atom. The first-order valence-electron chi connectivity index (χ1n) is 7.44. The molecule has 2 heteroatoms.